The van der Waals surface area contributed by atoms with Gasteiger partial charge in [0.2, 0.25) is 11.1 Å². The number of aryl methyl sites for hydroxylation is 2. The van der Waals surface area contributed by atoms with E-state index in [-0.39, 0.29) is 23.2 Å². The lowest BCUT2D eigenvalue weighted by Gasteiger charge is -2.29. The number of nitrogens with one attached hydrogen (secondary N) is 4. The van der Waals surface area contributed by atoms with Gasteiger partial charge in [0.1, 0.15) is 0 Å². The van der Waals surface area contributed by atoms with Gasteiger partial charge in [0.05, 0.1) is 61.3 Å². The number of H-pyrrole nitrogens is 2. The summed E-state index contributed by atoms with van der Waals surface area (Å²) in [6.07, 6.45) is 3.72. The Kier molecular flexibility index (Phi) is 14.9. The van der Waals surface area contributed by atoms with Gasteiger partial charge in [-0.1, -0.05) is 71.3 Å². The molecule has 0 aliphatic carbocycles. The first-order valence-corrected chi connectivity index (χ1v) is 28.1. The Morgan fingerprint density at radius 1 is 0.500 bits per heavy atom. The molecule has 4 N–H and O–H groups in total. The third-order valence-electron chi connectivity index (χ3n) is 13.2. The molecule has 74 heavy (non-hydrogen) atoms. The largest absolute Gasteiger partial charge is 0.378 e. The van der Waals surface area contributed by atoms with Crippen LogP contribution in [0.25, 0.3) is 22.5 Å². The standard InChI is InChI=1S/2C29H28N4O2S2/c2*1-18-8-9-30-23(14-18)19(2)31-20-6-7-25-27(15-20)36-26-5-3-4-22(29(26)37-25)24-16-21(17-28(34)32-24)33-10-12-35-13-11-33/h2*3-9,14-17,19,31H,10-13H2,1-2H3,(H,32,34). The number of aromatic amines is 2. The van der Waals surface area contributed by atoms with Crippen molar-refractivity contribution in [2.45, 2.75) is 78.9 Å². The second-order valence-electron chi connectivity index (χ2n) is 18.7. The van der Waals surface area contributed by atoms with Crippen LogP contribution in [0.15, 0.2) is 182 Å². The fourth-order valence-corrected chi connectivity index (χ4v) is 14.2. The zero-order valence-corrected chi connectivity index (χ0v) is 44.8. The summed E-state index contributed by atoms with van der Waals surface area (Å²) in [6.45, 7) is 14.4. The number of anilines is 4. The zero-order chi connectivity index (χ0) is 50.7. The normalized spacial score (nSPS) is 15.6. The van der Waals surface area contributed by atoms with Gasteiger partial charge in [-0.15, -0.1) is 0 Å². The highest BCUT2D eigenvalue weighted by Crippen LogP contribution is 2.54. The Labute approximate surface area is 447 Å². The van der Waals surface area contributed by atoms with Gasteiger partial charge in [-0.25, -0.2) is 0 Å². The number of ether oxygens (including phenoxy) is 2. The van der Waals surface area contributed by atoms with Gasteiger partial charge in [0.15, 0.2) is 0 Å². The van der Waals surface area contributed by atoms with E-state index in [4.69, 9.17) is 9.47 Å². The molecule has 2 fully saturated rings. The van der Waals surface area contributed by atoms with Crippen LogP contribution >= 0.6 is 47.0 Å². The summed E-state index contributed by atoms with van der Waals surface area (Å²) in [5.74, 6) is 0. The Morgan fingerprint density at radius 3 is 1.35 bits per heavy atom. The summed E-state index contributed by atoms with van der Waals surface area (Å²) in [4.78, 5) is 54.4. The van der Waals surface area contributed by atoms with E-state index < -0.39 is 0 Å². The average Bonchev–Trinajstić information content (AvgIpc) is 3.42. The van der Waals surface area contributed by atoms with Crippen LogP contribution in [0.4, 0.5) is 22.7 Å². The number of benzene rings is 4. The first-order chi connectivity index (χ1) is 36.1. The van der Waals surface area contributed by atoms with E-state index in [0.717, 1.165) is 82.8 Å². The summed E-state index contributed by atoms with van der Waals surface area (Å²) in [5, 5.41) is 7.20. The molecule has 2 saturated heterocycles. The molecule has 4 aliphatic rings. The molecule has 16 heteroatoms. The summed E-state index contributed by atoms with van der Waals surface area (Å²) < 4.78 is 11.0. The first kappa shape index (κ1) is 49.8. The minimum absolute atomic E-state index is 0.0848. The lowest BCUT2D eigenvalue weighted by molar-refractivity contribution is 0.122. The third kappa shape index (κ3) is 11.3. The van der Waals surface area contributed by atoms with E-state index >= 15 is 0 Å². The van der Waals surface area contributed by atoms with Gasteiger partial charge in [-0.3, -0.25) is 19.6 Å². The van der Waals surface area contributed by atoms with Gasteiger partial charge in [0, 0.05) is 124 Å². The Balaban J connectivity index is 0.000000159. The maximum absolute atomic E-state index is 12.6. The van der Waals surface area contributed by atoms with Crippen molar-refractivity contribution in [3.8, 4) is 22.5 Å². The van der Waals surface area contributed by atoms with E-state index in [1.54, 1.807) is 59.2 Å². The quantitative estimate of drug-likeness (QED) is 0.103. The number of aromatic nitrogens is 4. The second kappa shape index (κ2) is 22.2. The van der Waals surface area contributed by atoms with Crippen molar-refractivity contribution >= 4 is 69.8 Å². The van der Waals surface area contributed by atoms with Crippen LogP contribution in [-0.4, -0.2) is 72.5 Å². The number of morpholine rings is 2. The van der Waals surface area contributed by atoms with E-state index in [9.17, 15) is 9.59 Å². The Bertz CT molecular complexity index is 3260. The molecular weight excluding hydrogens is 1000 g/mol. The molecule has 2 atom stereocenters. The van der Waals surface area contributed by atoms with Crippen LogP contribution in [0.3, 0.4) is 0 Å². The lowest BCUT2D eigenvalue weighted by Crippen LogP contribution is -2.36. The molecule has 8 heterocycles. The molecule has 376 valence electrons. The molecule has 0 spiro atoms. The van der Waals surface area contributed by atoms with E-state index in [0.29, 0.717) is 26.4 Å². The van der Waals surface area contributed by atoms with Crippen LogP contribution in [0.1, 0.15) is 48.4 Å². The highest BCUT2D eigenvalue weighted by molar-refractivity contribution is 8.05. The van der Waals surface area contributed by atoms with Crippen molar-refractivity contribution in [3.05, 3.63) is 177 Å². The molecule has 0 radical (unpaired) electrons. The maximum Gasteiger partial charge on any atom is 0.250 e. The fourth-order valence-electron chi connectivity index (χ4n) is 9.40. The third-order valence-corrected chi connectivity index (χ3v) is 18.4. The van der Waals surface area contributed by atoms with Gasteiger partial charge in [-0.05, 0) is 124 Å². The minimum atomic E-state index is -0.0848. The number of pyridine rings is 4. The molecule has 0 amide bonds. The molecule has 8 aromatic rings. The van der Waals surface area contributed by atoms with Crippen LogP contribution in [0, 0.1) is 13.8 Å². The van der Waals surface area contributed by atoms with Crippen LogP contribution < -0.4 is 31.6 Å². The smallest absolute Gasteiger partial charge is 0.250 e. The number of hydrogen-bond acceptors (Lipinski definition) is 14. The van der Waals surface area contributed by atoms with Crippen molar-refractivity contribution < 1.29 is 9.47 Å². The number of nitrogens with zero attached hydrogens (tertiary/aromatic N) is 4. The van der Waals surface area contributed by atoms with Gasteiger partial charge < -0.3 is 39.9 Å². The molecule has 12 nitrogen and oxygen atoms in total. The minimum Gasteiger partial charge on any atom is -0.378 e. The summed E-state index contributed by atoms with van der Waals surface area (Å²) >= 11 is 7.06. The van der Waals surface area contributed by atoms with E-state index in [1.165, 1.54) is 50.3 Å². The van der Waals surface area contributed by atoms with Crippen molar-refractivity contribution in [2.75, 3.05) is 73.0 Å². The van der Waals surface area contributed by atoms with Crippen molar-refractivity contribution in [2.24, 2.45) is 0 Å². The summed E-state index contributed by atoms with van der Waals surface area (Å²) in [5.41, 5.74) is 12.1. The first-order valence-electron chi connectivity index (χ1n) is 24.9. The lowest BCUT2D eigenvalue weighted by atomic mass is 10.1. The second-order valence-corrected chi connectivity index (χ2v) is 22.9. The SMILES string of the molecule is Cc1ccnc(C(C)Nc2ccc3c(c2)Sc2cccc(-c4cc(N5CCOCC5)cc(=O)[nH]4)c2S3)c1.Cc1ccnc(C(C)Nc2ccc3c(c2)Sc2cccc(-c4cc(N5CCOCC5)cc(=O)[nH]4)c2S3)c1. The highest BCUT2D eigenvalue weighted by atomic mass is 32.2. The number of hydrogen-bond donors (Lipinski definition) is 4. The van der Waals surface area contributed by atoms with Crippen LogP contribution in [0.5, 0.6) is 0 Å². The highest BCUT2D eigenvalue weighted by Gasteiger charge is 2.25. The van der Waals surface area contributed by atoms with Crippen molar-refractivity contribution in [3.63, 3.8) is 0 Å². The predicted molar refractivity (Wildman–Crippen MR) is 302 cm³/mol. The topological polar surface area (TPSA) is 140 Å². The van der Waals surface area contributed by atoms with Crippen LogP contribution in [-0.2, 0) is 9.47 Å². The molecule has 0 bridgehead atoms. The maximum atomic E-state index is 12.6. The molecule has 0 saturated carbocycles. The van der Waals surface area contributed by atoms with E-state index in [2.05, 4.69) is 165 Å². The molecule has 4 aromatic carbocycles. The Morgan fingerprint density at radius 2 is 0.932 bits per heavy atom. The fraction of sp³-hybridized carbons (Fsp3) is 0.241. The zero-order valence-electron chi connectivity index (χ0n) is 41.6. The van der Waals surface area contributed by atoms with E-state index in [1.807, 2.05) is 24.5 Å². The average molecular weight is 1060 g/mol. The predicted octanol–water partition coefficient (Wildman–Crippen LogP) is 12.7. The van der Waals surface area contributed by atoms with Gasteiger partial charge >= 0.3 is 0 Å². The molecular formula is C58H56N8O4S4. The monoisotopic (exact) mass is 1060 g/mol. The van der Waals surface area contributed by atoms with Crippen LogP contribution in [0.2, 0.25) is 0 Å². The summed E-state index contributed by atoms with van der Waals surface area (Å²) in [7, 11) is 0. The van der Waals surface area contributed by atoms with Crippen molar-refractivity contribution in [1.29, 1.82) is 0 Å². The van der Waals surface area contributed by atoms with Gasteiger partial charge in [0.25, 0.3) is 0 Å². The summed E-state index contributed by atoms with van der Waals surface area (Å²) in [6, 6.07) is 41.7. The Hall–Kier alpha value is -6.40. The molecule has 4 aliphatic heterocycles. The number of fused-ring (bicyclic) bond motifs is 4. The molecule has 4 aromatic heterocycles. The van der Waals surface area contributed by atoms with Gasteiger partial charge in [-0.2, -0.15) is 0 Å². The number of rotatable bonds is 10. The molecule has 12 rings (SSSR count). The molecule has 2 unspecified atom stereocenters. The van der Waals surface area contributed by atoms with Crippen molar-refractivity contribution in [1.82, 2.24) is 19.9 Å².